The van der Waals surface area contributed by atoms with Crippen LogP contribution in [0.25, 0.3) is 0 Å². The fraction of sp³-hybridized carbons (Fsp3) is 0.647. The summed E-state index contributed by atoms with van der Waals surface area (Å²) in [5.41, 5.74) is 4.32. The molecule has 3 heterocycles. The lowest BCUT2D eigenvalue weighted by Crippen LogP contribution is -2.47. The van der Waals surface area contributed by atoms with Crippen LogP contribution in [0.4, 0.5) is 0 Å². The van der Waals surface area contributed by atoms with Crippen molar-refractivity contribution in [2.45, 2.75) is 50.7 Å². The minimum atomic E-state index is -0.491. The number of carbonyl (C=O) groups is 1. The molecule has 1 aromatic rings. The zero-order chi connectivity index (χ0) is 15.8. The van der Waals surface area contributed by atoms with E-state index >= 15 is 0 Å². The number of nitrogens with one attached hydrogen (secondary N) is 1. The van der Waals surface area contributed by atoms with Crippen LogP contribution in [-0.2, 0) is 13.0 Å². The number of amides is 1. The van der Waals surface area contributed by atoms with Crippen molar-refractivity contribution in [2.24, 2.45) is 0 Å². The van der Waals surface area contributed by atoms with Crippen LogP contribution < -0.4 is 5.48 Å². The Kier molecular flexibility index (Phi) is 4.05. The molecule has 1 saturated heterocycles. The van der Waals surface area contributed by atoms with Crippen molar-refractivity contribution in [2.75, 3.05) is 19.6 Å². The van der Waals surface area contributed by atoms with Gasteiger partial charge in [0.1, 0.15) is 0 Å². The normalized spacial score (nSPS) is 23.5. The molecule has 2 aliphatic heterocycles. The Morgan fingerprint density at radius 2 is 1.87 bits per heavy atom. The standard InChI is InChI=1S/C17H24N4O2/c22-17(19-23)13-9-12-3-6-21(11-16(12)18-10-13)15-4-7-20(8-5-15)14-1-2-14/h9-10,14-15,23H,1-8,11H2,(H,19,22). The molecule has 6 heteroatoms. The van der Waals surface area contributed by atoms with E-state index in [1.54, 1.807) is 11.7 Å². The summed E-state index contributed by atoms with van der Waals surface area (Å²) in [4.78, 5) is 21.2. The maximum atomic E-state index is 11.5. The first-order valence-electron chi connectivity index (χ1n) is 8.65. The van der Waals surface area contributed by atoms with E-state index in [0.717, 1.165) is 36.8 Å². The van der Waals surface area contributed by atoms with E-state index in [4.69, 9.17) is 5.21 Å². The van der Waals surface area contributed by atoms with E-state index in [1.807, 2.05) is 6.07 Å². The number of likely N-dealkylation sites (tertiary alicyclic amines) is 1. The highest BCUT2D eigenvalue weighted by Crippen LogP contribution is 2.31. The number of hydroxylamine groups is 1. The van der Waals surface area contributed by atoms with E-state index in [9.17, 15) is 4.79 Å². The first-order chi connectivity index (χ1) is 11.2. The van der Waals surface area contributed by atoms with Gasteiger partial charge in [-0.05, 0) is 56.8 Å². The molecule has 4 rings (SSSR count). The summed E-state index contributed by atoms with van der Waals surface area (Å²) in [7, 11) is 0. The summed E-state index contributed by atoms with van der Waals surface area (Å²) in [6, 6.07) is 3.41. The number of fused-ring (bicyclic) bond motifs is 1. The molecule has 1 aliphatic carbocycles. The van der Waals surface area contributed by atoms with Gasteiger partial charge in [-0.15, -0.1) is 0 Å². The van der Waals surface area contributed by atoms with Crippen LogP contribution in [0.5, 0.6) is 0 Å². The third-order valence-electron chi connectivity index (χ3n) is 5.52. The van der Waals surface area contributed by atoms with E-state index in [0.29, 0.717) is 11.6 Å². The summed E-state index contributed by atoms with van der Waals surface area (Å²) >= 11 is 0. The predicted molar refractivity (Wildman–Crippen MR) is 85.2 cm³/mol. The van der Waals surface area contributed by atoms with Crippen molar-refractivity contribution in [1.29, 1.82) is 0 Å². The molecule has 0 spiro atoms. The Balaban J connectivity index is 1.39. The first kappa shape index (κ1) is 15.1. The second kappa shape index (κ2) is 6.19. The molecular formula is C17H24N4O2. The number of hydrogen-bond donors (Lipinski definition) is 2. The topological polar surface area (TPSA) is 68.7 Å². The molecule has 1 aromatic heterocycles. The fourth-order valence-corrected chi connectivity index (χ4v) is 3.99. The molecule has 23 heavy (non-hydrogen) atoms. The van der Waals surface area contributed by atoms with Gasteiger partial charge in [-0.3, -0.25) is 19.9 Å². The van der Waals surface area contributed by atoms with Crippen LogP contribution in [-0.4, -0.2) is 57.6 Å². The molecule has 1 amide bonds. The Hall–Kier alpha value is -1.50. The van der Waals surface area contributed by atoms with Crippen LogP contribution >= 0.6 is 0 Å². The molecule has 0 aromatic carbocycles. The number of rotatable bonds is 3. The lowest BCUT2D eigenvalue weighted by molar-refractivity contribution is 0.0705. The Morgan fingerprint density at radius 1 is 1.13 bits per heavy atom. The van der Waals surface area contributed by atoms with E-state index in [1.165, 1.54) is 38.8 Å². The summed E-state index contributed by atoms with van der Waals surface area (Å²) in [5, 5.41) is 8.73. The Morgan fingerprint density at radius 3 is 2.57 bits per heavy atom. The molecule has 0 unspecified atom stereocenters. The molecule has 0 bridgehead atoms. The lowest BCUT2D eigenvalue weighted by atomic mass is 9.97. The second-order valence-electron chi connectivity index (χ2n) is 6.99. The molecule has 0 atom stereocenters. The molecule has 1 saturated carbocycles. The minimum Gasteiger partial charge on any atom is -0.300 e. The van der Waals surface area contributed by atoms with Crippen molar-refractivity contribution in [1.82, 2.24) is 20.3 Å². The van der Waals surface area contributed by atoms with Gasteiger partial charge in [0.05, 0.1) is 11.3 Å². The maximum absolute atomic E-state index is 11.5. The first-order valence-corrected chi connectivity index (χ1v) is 8.65. The average Bonchev–Trinajstić information content (AvgIpc) is 3.45. The second-order valence-corrected chi connectivity index (χ2v) is 6.99. The van der Waals surface area contributed by atoms with Crippen molar-refractivity contribution >= 4 is 5.91 Å². The molecule has 0 radical (unpaired) electrons. The minimum absolute atomic E-state index is 0.428. The van der Waals surface area contributed by atoms with E-state index < -0.39 is 5.91 Å². The van der Waals surface area contributed by atoms with E-state index in [-0.39, 0.29) is 0 Å². The Labute approximate surface area is 136 Å². The average molecular weight is 316 g/mol. The van der Waals surface area contributed by atoms with Crippen LogP contribution in [0.1, 0.15) is 47.3 Å². The van der Waals surface area contributed by atoms with Gasteiger partial charge >= 0.3 is 0 Å². The number of aromatic nitrogens is 1. The maximum Gasteiger partial charge on any atom is 0.276 e. The summed E-state index contributed by atoms with van der Waals surface area (Å²) in [6.07, 6.45) is 7.81. The van der Waals surface area contributed by atoms with Crippen molar-refractivity contribution in [3.05, 3.63) is 29.1 Å². The molecule has 2 fully saturated rings. The van der Waals surface area contributed by atoms with Crippen LogP contribution in [0.3, 0.4) is 0 Å². The molecule has 2 N–H and O–H groups in total. The van der Waals surface area contributed by atoms with Gasteiger partial charge in [0.2, 0.25) is 0 Å². The van der Waals surface area contributed by atoms with Gasteiger partial charge < -0.3 is 4.90 Å². The smallest absolute Gasteiger partial charge is 0.276 e. The zero-order valence-electron chi connectivity index (χ0n) is 13.4. The third kappa shape index (κ3) is 3.11. The van der Waals surface area contributed by atoms with Gasteiger partial charge in [-0.1, -0.05) is 0 Å². The van der Waals surface area contributed by atoms with Gasteiger partial charge in [-0.2, -0.15) is 0 Å². The monoisotopic (exact) mass is 316 g/mol. The summed E-state index contributed by atoms with van der Waals surface area (Å²) in [5.74, 6) is -0.491. The SMILES string of the molecule is O=C(NO)c1cnc2c(c1)CCN(C1CCN(C3CC3)CC1)C2. The summed E-state index contributed by atoms with van der Waals surface area (Å²) in [6.45, 7) is 4.39. The van der Waals surface area contributed by atoms with Crippen LogP contribution in [0.2, 0.25) is 0 Å². The van der Waals surface area contributed by atoms with Gasteiger partial charge in [0.15, 0.2) is 0 Å². The molecule has 6 nitrogen and oxygen atoms in total. The largest absolute Gasteiger partial charge is 0.300 e. The predicted octanol–water partition coefficient (Wildman–Crippen LogP) is 1.19. The van der Waals surface area contributed by atoms with Crippen molar-refractivity contribution < 1.29 is 10.0 Å². The highest BCUT2D eigenvalue weighted by atomic mass is 16.5. The number of piperidine rings is 1. The van der Waals surface area contributed by atoms with E-state index in [2.05, 4.69) is 14.8 Å². The Bertz CT molecular complexity index is 594. The van der Waals surface area contributed by atoms with Crippen LogP contribution in [0.15, 0.2) is 12.3 Å². The molecule has 124 valence electrons. The highest BCUT2D eigenvalue weighted by Gasteiger charge is 2.34. The lowest BCUT2D eigenvalue weighted by Gasteiger charge is -2.40. The number of carbonyl (C=O) groups excluding carboxylic acids is 1. The molecule has 3 aliphatic rings. The number of hydrogen-bond acceptors (Lipinski definition) is 5. The number of pyridine rings is 1. The third-order valence-corrected chi connectivity index (χ3v) is 5.52. The molecular weight excluding hydrogens is 292 g/mol. The van der Waals surface area contributed by atoms with Crippen LogP contribution in [0, 0.1) is 0 Å². The van der Waals surface area contributed by atoms with Gasteiger partial charge in [0, 0.05) is 31.4 Å². The van der Waals surface area contributed by atoms with Crippen molar-refractivity contribution in [3.63, 3.8) is 0 Å². The van der Waals surface area contributed by atoms with Crippen molar-refractivity contribution in [3.8, 4) is 0 Å². The number of nitrogens with zero attached hydrogens (tertiary/aromatic N) is 3. The summed E-state index contributed by atoms with van der Waals surface area (Å²) < 4.78 is 0. The zero-order valence-corrected chi connectivity index (χ0v) is 13.4. The quantitative estimate of drug-likeness (QED) is 0.647. The van der Waals surface area contributed by atoms with Gasteiger partial charge in [-0.25, -0.2) is 5.48 Å². The fourth-order valence-electron chi connectivity index (χ4n) is 3.99. The highest BCUT2D eigenvalue weighted by molar-refractivity contribution is 5.93. The van der Waals surface area contributed by atoms with Gasteiger partial charge in [0.25, 0.3) is 5.91 Å².